The van der Waals surface area contributed by atoms with E-state index in [2.05, 4.69) is 27.2 Å². The monoisotopic (exact) mass is 484 g/mol. The van der Waals surface area contributed by atoms with Gasteiger partial charge in [0.05, 0.1) is 13.8 Å². The third-order valence-corrected chi connectivity index (χ3v) is 7.13. The van der Waals surface area contributed by atoms with Crippen LogP contribution in [0.25, 0.3) is 0 Å². The second kappa shape index (κ2) is 10.5. The number of benzene rings is 3. The smallest absolute Gasteiger partial charge is 0.326 e. The first-order valence-electron chi connectivity index (χ1n) is 12.4. The summed E-state index contributed by atoms with van der Waals surface area (Å²) in [5.74, 6) is 0.666. The lowest BCUT2D eigenvalue weighted by atomic mass is 9.83. The van der Waals surface area contributed by atoms with Crippen molar-refractivity contribution in [2.75, 3.05) is 40.0 Å². The third kappa shape index (κ3) is 4.98. The van der Waals surface area contributed by atoms with Crippen LogP contribution in [0, 0.1) is 0 Å². The number of piperazine rings is 1. The number of urea groups is 1. The molecule has 2 aliphatic heterocycles. The topological polar surface area (TPSA) is 65.1 Å². The van der Waals surface area contributed by atoms with Crippen molar-refractivity contribution in [3.05, 3.63) is 102 Å². The average Bonchev–Trinajstić information content (AvgIpc) is 3.16. The van der Waals surface area contributed by atoms with E-state index in [9.17, 15) is 9.59 Å². The molecule has 0 bridgehead atoms. The van der Waals surface area contributed by atoms with Crippen LogP contribution in [0.5, 0.6) is 5.75 Å². The molecule has 2 saturated heterocycles. The largest absolute Gasteiger partial charge is 0.497 e. The number of methoxy groups -OCH3 is 1. The van der Waals surface area contributed by atoms with Gasteiger partial charge in [-0.25, -0.2) is 9.69 Å². The Morgan fingerprint density at radius 1 is 0.778 bits per heavy atom. The number of carbonyl (C=O) groups is 2. The lowest BCUT2D eigenvalue weighted by Crippen LogP contribution is -2.51. The van der Waals surface area contributed by atoms with Crippen molar-refractivity contribution in [2.45, 2.75) is 18.5 Å². The minimum Gasteiger partial charge on any atom is -0.497 e. The fourth-order valence-electron chi connectivity index (χ4n) is 5.07. The van der Waals surface area contributed by atoms with E-state index >= 15 is 0 Å². The van der Waals surface area contributed by atoms with Gasteiger partial charge in [-0.15, -0.1) is 0 Å². The summed E-state index contributed by atoms with van der Waals surface area (Å²) in [5.41, 5.74) is 1.95. The maximum absolute atomic E-state index is 13.9. The molecule has 3 aromatic carbocycles. The van der Waals surface area contributed by atoms with E-state index in [0.29, 0.717) is 13.1 Å². The molecule has 186 valence electrons. The number of hydrogen-bond acceptors (Lipinski definition) is 5. The summed E-state index contributed by atoms with van der Waals surface area (Å²) in [5, 5.41) is 3.06. The van der Waals surface area contributed by atoms with Crippen molar-refractivity contribution >= 4 is 11.9 Å². The molecular formula is C29H32N4O3. The van der Waals surface area contributed by atoms with Gasteiger partial charge < -0.3 is 10.1 Å². The molecule has 3 amide bonds. The lowest BCUT2D eigenvalue weighted by molar-refractivity contribution is -0.133. The van der Waals surface area contributed by atoms with Crippen molar-refractivity contribution in [1.82, 2.24) is 20.0 Å². The Balaban J connectivity index is 1.25. The number of nitrogens with zero attached hydrogens (tertiary/aromatic N) is 3. The molecule has 0 saturated carbocycles. The highest BCUT2D eigenvalue weighted by Gasteiger charge is 2.52. The summed E-state index contributed by atoms with van der Waals surface area (Å²) in [6, 6.07) is 27.3. The third-order valence-electron chi connectivity index (χ3n) is 7.13. The minimum absolute atomic E-state index is 0.191. The molecular weight excluding hydrogens is 452 g/mol. The number of carbonyl (C=O) groups excluding carboxylic acids is 2. The van der Waals surface area contributed by atoms with Gasteiger partial charge in [0.1, 0.15) is 5.75 Å². The van der Waals surface area contributed by atoms with Gasteiger partial charge in [-0.1, -0.05) is 72.8 Å². The Labute approximate surface area is 212 Å². The standard InChI is InChI=1S/C29H32N4O3/c1-36-26-14-12-24(13-15-26)21-31-16-18-32(19-17-31)22-33-27(34)29(30-28(33)35,25-10-6-3-7-11-25)20-23-8-4-2-5-9-23/h2-15H,16-22H2,1H3,(H,30,35)/t29-/m1/s1. The number of rotatable bonds is 8. The Morgan fingerprint density at radius 2 is 1.39 bits per heavy atom. The summed E-state index contributed by atoms with van der Waals surface area (Å²) in [6.45, 7) is 4.51. The highest BCUT2D eigenvalue weighted by Crippen LogP contribution is 2.33. The normalized spacial score (nSPS) is 21.0. The molecule has 0 aliphatic carbocycles. The summed E-state index contributed by atoms with van der Waals surface area (Å²) < 4.78 is 5.24. The van der Waals surface area contributed by atoms with E-state index in [4.69, 9.17) is 4.74 Å². The van der Waals surface area contributed by atoms with Crippen LogP contribution in [0.2, 0.25) is 0 Å². The predicted octanol–water partition coefficient (Wildman–Crippen LogP) is 3.46. The number of ether oxygens (including phenoxy) is 1. The van der Waals surface area contributed by atoms with E-state index in [-0.39, 0.29) is 11.9 Å². The van der Waals surface area contributed by atoms with Gasteiger partial charge in [0.15, 0.2) is 5.54 Å². The Hall–Kier alpha value is -3.68. The second-order valence-corrected chi connectivity index (χ2v) is 9.48. The number of hydrogen-bond donors (Lipinski definition) is 1. The lowest BCUT2D eigenvalue weighted by Gasteiger charge is -2.36. The molecule has 1 atom stereocenters. The zero-order valence-corrected chi connectivity index (χ0v) is 20.6. The van der Waals surface area contributed by atoms with E-state index in [1.165, 1.54) is 10.5 Å². The fraction of sp³-hybridized carbons (Fsp3) is 0.310. The second-order valence-electron chi connectivity index (χ2n) is 9.48. The van der Waals surface area contributed by atoms with Crippen LogP contribution in [0.4, 0.5) is 4.79 Å². The van der Waals surface area contributed by atoms with E-state index < -0.39 is 5.54 Å². The Kier molecular flexibility index (Phi) is 7.02. The highest BCUT2D eigenvalue weighted by atomic mass is 16.5. The van der Waals surface area contributed by atoms with Crippen LogP contribution in [0.3, 0.4) is 0 Å². The van der Waals surface area contributed by atoms with Gasteiger partial charge in [-0.05, 0) is 28.8 Å². The SMILES string of the molecule is COc1ccc(CN2CCN(CN3C(=O)N[C@](Cc4ccccc4)(c4ccccc4)C3=O)CC2)cc1. The molecule has 36 heavy (non-hydrogen) atoms. The van der Waals surface area contributed by atoms with Crippen molar-refractivity contribution in [1.29, 1.82) is 0 Å². The summed E-state index contributed by atoms with van der Waals surface area (Å²) in [4.78, 5) is 33.0. The molecule has 3 aromatic rings. The van der Waals surface area contributed by atoms with E-state index in [1.54, 1.807) is 7.11 Å². The molecule has 5 rings (SSSR count). The molecule has 0 radical (unpaired) electrons. The first-order chi connectivity index (χ1) is 17.6. The first kappa shape index (κ1) is 24.0. The maximum Gasteiger partial charge on any atom is 0.326 e. The molecule has 0 unspecified atom stereocenters. The van der Waals surface area contributed by atoms with Gasteiger partial charge in [-0.2, -0.15) is 0 Å². The van der Waals surface area contributed by atoms with Crippen molar-refractivity contribution in [3.63, 3.8) is 0 Å². The molecule has 0 spiro atoms. The quantitative estimate of drug-likeness (QED) is 0.496. The maximum atomic E-state index is 13.9. The molecule has 7 heteroatoms. The van der Waals surface area contributed by atoms with Crippen LogP contribution >= 0.6 is 0 Å². The first-order valence-corrected chi connectivity index (χ1v) is 12.4. The van der Waals surface area contributed by atoms with Crippen LogP contribution in [0.1, 0.15) is 16.7 Å². The zero-order valence-electron chi connectivity index (χ0n) is 20.6. The highest BCUT2D eigenvalue weighted by molar-refractivity contribution is 6.07. The summed E-state index contributed by atoms with van der Waals surface area (Å²) >= 11 is 0. The number of imide groups is 1. The molecule has 7 nitrogen and oxygen atoms in total. The summed E-state index contributed by atoms with van der Waals surface area (Å²) in [7, 11) is 1.67. The fourth-order valence-corrected chi connectivity index (χ4v) is 5.07. The minimum atomic E-state index is -1.10. The average molecular weight is 485 g/mol. The molecule has 0 aromatic heterocycles. The number of amides is 3. The van der Waals surface area contributed by atoms with Crippen LogP contribution in [-0.2, 0) is 23.3 Å². The van der Waals surface area contributed by atoms with E-state index in [1.807, 2.05) is 72.8 Å². The molecule has 2 aliphatic rings. The summed E-state index contributed by atoms with van der Waals surface area (Å²) in [6.07, 6.45) is 0.411. The van der Waals surface area contributed by atoms with E-state index in [0.717, 1.165) is 49.6 Å². The van der Waals surface area contributed by atoms with Crippen LogP contribution in [0.15, 0.2) is 84.9 Å². The van der Waals surface area contributed by atoms with Crippen LogP contribution in [-0.4, -0.2) is 66.6 Å². The van der Waals surface area contributed by atoms with Crippen molar-refractivity contribution < 1.29 is 14.3 Å². The van der Waals surface area contributed by atoms with Gasteiger partial charge in [0, 0.05) is 39.1 Å². The molecule has 2 fully saturated rings. The van der Waals surface area contributed by atoms with Gasteiger partial charge in [0.2, 0.25) is 0 Å². The van der Waals surface area contributed by atoms with Gasteiger partial charge in [-0.3, -0.25) is 14.6 Å². The Bertz CT molecular complexity index is 1180. The van der Waals surface area contributed by atoms with Gasteiger partial charge in [0.25, 0.3) is 5.91 Å². The zero-order chi connectivity index (χ0) is 25.0. The van der Waals surface area contributed by atoms with Gasteiger partial charge >= 0.3 is 6.03 Å². The van der Waals surface area contributed by atoms with Crippen molar-refractivity contribution in [3.8, 4) is 5.75 Å². The predicted molar refractivity (Wildman–Crippen MR) is 138 cm³/mol. The molecule has 2 heterocycles. The molecule has 1 N–H and O–H groups in total. The van der Waals surface area contributed by atoms with Crippen LogP contribution < -0.4 is 10.1 Å². The number of nitrogens with one attached hydrogen (secondary N) is 1. The van der Waals surface area contributed by atoms with Crippen molar-refractivity contribution in [2.24, 2.45) is 0 Å². The Morgan fingerprint density at radius 3 is 2.03 bits per heavy atom.